The van der Waals surface area contributed by atoms with Crippen molar-refractivity contribution in [3.63, 3.8) is 0 Å². The molecule has 0 aliphatic rings. The number of benzene rings is 2. The van der Waals surface area contributed by atoms with Gasteiger partial charge in [-0.25, -0.2) is 8.78 Å². The minimum atomic E-state index is -1.12. The fourth-order valence-electron chi connectivity index (χ4n) is 1.69. The van der Waals surface area contributed by atoms with E-state index >= 15 is 0 Å². The molecule has 0 fully saturated rings. The van der Waals surface area contributed by atoms with E-state index in [2.05, 4.69) is 15.9 Å². The Hall–Kier alpha value is -1.53. The van der Waals surface area contributed by atoms with Crippen LogP contribution in [0.2, 0.25) is 0 Å². The highest BCUT2D eigenvalue weighted by Gasteiger charge is 2.15. The lowest BCUT2D eigenvalue weighted by atomic mass is 10.1. The molecule has 1 atom stereocenters. The van der Waals surface area contributed by atoms with Crippen molar-refractivity contribution in [1.29, 1.82) is 0 Å². The lowest BCUT2D eigenvalue weighted by molar-refractivity contribution is 0.409. The number of hydrogen-bond acceptors (Lipinski definition) is 2. The van der Waals surface area contributed by atoms with Crippen molar-refractivity contribution in [3.05, 3.63) is 57.8 Å². The van der Waals surface area contributed by atoms with Crippen molar-refractivity contribution in [2.75, 3.05) is 0 Å². The molecular formula is C14H11BrF3NO. The van der Waals surface area contributed by atoms with Crippen LogP contribution in [0.5, 0.6) is 11.5 Å². The molecule has 0 bridgehead atoms. The second-order valence-corrected chi connectivity index (χ2v) is 5.19. The summed E-state index contributed by atoms with van der Waals surface area (Å²) in [5.41, 5.74) is 6.08. The summed E-state index contributed by atoms with van der Waals surface area (Å²) in [6.07, 6.45) is 0. The van der Waals surface area contributed by atoms with E-state index in [1.807, 2.05) is 0 Å². The molecule has 2 rings (SSSR count). The molecule has 2 nitrogen and oxygen atoms in total. The average molecular weight is 346 g/mol. The smallest absolute Gasteiger partial charge is 0.201 e. The van der Waals surface area contributed by atoms with Crippen LogP contribution in [0.4, 0.5) is 13.2 Å². The molecule has 106 valence electrons. The van der Waals surface area contributed by atoms with Crippen LogP contribution in [-0.4, -0.2) is 0 Å². The SMILES string of the molecule is C[C@H](N)c1cc(F)ccc1Oc1cc(Br)cc(F)c1F. The topological polar surface area (TPSA) is 35.2 Å². The lowest BCUT2D eigenvalue weighted by Crippen LogP contribution is -2.07. The van der Waals surface area contributed by atoms with Gasteiger partial charge in [0.1, 0.15) is 11.6 Å². The number of ether oxygens (including phenoxy) is 1. The van der Waals surface area contributed by atoms with Gasteiger partial charge < -0.3 is 10.5 Å². The second-order valence-electron chi connectivity index (χ2n) is 4.27. The van der Waals surface area contributed by atoms with Gasteiger partial charge in [-0.15, -0.1) is 0 Å². The van der Waals surface area contributed by atoms with Crippen molar-refractivity contribution in [1.82, 2.24) is 0 Å². The van der Waals surface area contributed by atoms with E-state index in [0.717, 1.165) is 12.1 Å². The molecule has 0 radical (unpaired) electrons. The van der Waals surface area contributed by atoms with Gasteiger partial charge in [-0.2, -0.15) is 4.39 Å². The van der Waals surface area contributed by atoms with Crippen molar-refractivity contribution in [3.8, 4) is 11.5 Å². The van der Waals surface area contributed by atoms with Crippen molar-refractivity contribution in [2.24, 2.45) is 5.73 Å². The van der Waals surface area contributed by atoms with E-state index in [4.69, 9.17) is 10.5 Å². The second kappa shape index (κ2) is 5.85. The quantitative estimate of drug-likeness (QED) is 0.819. The monoisotopic (exact) mass is 345 g/mol. The molecule has 2 aromatic rings. The molecule has 0 saturated carbocycles. The zero-order valence-corrected chi connectivity index (χ0v) is 12.0. The maximum Gasteiger partial charge on any atom is 0.201 e. The Morgan fingerprint density at radius 2 is 1.80 bits per heavy atom. The van der Waals surface area contributed by atoms with Crippen LogP contribution in [0.1, 0.15) is 18.5 Å². The summed E-state index contributed by atoms with van der Waals surface area (Å²) in [6.45, 7) is 1.64. The van der Waals surface area contributed by atoms with E-state index < -0.39 is 23.5 Å². The number of hydrogen-bond donors (Lipinski definition) is 1. The Kier molecular flexibility index (Phi) is 4.35. The predicted octanol–water partition coefficient (Wildman–Crippen LogP) is 4.68. The van der Waals surface area contributed by atoms with Gasteiger partial charge in [0, 0.05) is 16.1 Å². The Labute approximate surface area is 122 Å². The van der Waals surface area contributed by atoms with Gasteiger partial charge in [0.2, 0.25) is 5.82 Å². The summed E-state index contributed by atoms with van der Waals surface area (Å²) in [5, 5.41) is 0. The molecule has 0 saturated heterocycles. The van der Waals surface area contributed by atoms with E-state index in [1.54, 1.807) is 6.92 Å². The van der Waals surface area contributed by atoms with Gasteiger partial charge in [-0.1, -0.05) is 15.9 Å². The summed E-state index contributed by atoms with van der Waals surface area (Å²) in [6, 6.07) is 5.44. The van der Waals surface area contributed by atoms with Gasteiger partial charge in [-0.05, 0) is 37.3 Å². The average Bonchev–Trinajstić information content (AvgIpc) is 2.37. The lowest BCUT2D eigenvalue weighted by Gasteiger charge is -2.14. The third-order valence-corrected chi connectivity index (χ3v) is 3.10. The minimum absolute atomic E-state index is 0.179. The van der Waals surface area contributed by atoms with Gasteiger partial charge in [0.05, 0.1) is 0 Å². The summed E-state index contributed by atoms with van der Waals surface area (Å²) < 4.78 is 45.8. The maximum absolute atomic E-state index is 13.7. The molecule has 6 heteroatoms. The standard InChI is InChI=1S/C14H11BrF3NO/c1-7(19)10-6-9(16)2-3-12(10)20-13-5-8(15)4-11(17)14(13)18/h2-7H,19H2,1H3/t7-/m0/s1. The first-order valence-corrected chi connectivity index (χ1v) is 6.55. The summed E-state index contributed by atoms with van der Waals surface area (Å²) >= 11 is 3.05. The Balaban J connectivity index is 2.45. The van der Waals surface area contributed by atoms with Crippen LogP contribution >= 0.6 is 15.9 Å². The molecule has 2 aromatic carbocycles. The molecule has 0 aromatic heterocycles. The van der Waals surface area contributed by atoms with Crippen LogP contribution < -0.4 is 10.5 Å². The largest absolute Gasteiger partial charge is 0.454 e. The Bertz CT molecular complexity index is 647. The summed E-state index contributed by atoms with van der Waals surface area (Å²) in [7, 11) is 0. The van der Waals surface area contributed by atoms with E-state index in [9.17, 15) is 13.2 Å². The molecule has 0 aliphatic heterocycles. The highest BCUT2D eigenvalue weighted by molar-refractivity contribution is 9.10. The van der Waals surface area contributed by atoms with Crippen LogP contribution in [0, 0.1) is 17.5 Å². The normalized spacial score (nSPS) is 12.3. The third-order valence-electron chi connectivity index (χ3n) is 2.64. The molecule has 20 heavy (non-hydrogen) atoms. The molecule has 0 heterocycles. The number of rotatable bonds is 3. The van der Waals surface area contributed by atoms with Crippen LogP contribution in [0.25, 0.3) is 0 Å². The fourth-order valence-corrected chi connectivity index (χ4v) is 2.10. The minimum Gasteiger partial charge on any atom is -0.454 e. The fraction of sp³-hybridized carbons (Fsp3) is 0.143. The molecule has 0 amide bonds. The summed E-state index contributed by atoms with van der Waals surface area (Å²) in [4.78, 5) is 0. The first-order valence-electron chi connectivity index (χ1n) is 5.76. The van der Waals surface area contributed by atoms with Crippen molar-refractivity contribution < 1.29 is 17.9 Å². The first kappa shape index (κ1) is 14.9. The zero-order valence-electron chi connectivity index (χ0n) is 10.5. The van der Waals surface area contributed by atoms with E-state index in [1.165, 1.54) is 18.2 Å². The van der Waals surface area contributed by atoms with Crippen LogP contribution in [0.15, 0.2) is 34.8 Å². The molecule has 0 aliphatic carbocycles. The molecule has 0 unspecified atom stereocenters. The van der Waals surface area contributed by atoms with Crippen molar-refractivity contribution in [2.45, 2.75) is 13.0 Å². The van der Waals surface area contributed by atoms with E-state index in [0.29, 0.717) is 10.0 Å². The highest BCUT2D eigenvalue weighted by Crippen LogP contribution is 2.33. The highest BCUT2D eigenvalue weighted by atomic mass is 79.9. The maximum atomic E-state index is 13.7. The molecular weight excluding hydrogens is 335 g/mol. The third kappa shape index (κ3) is 3.13. The van der Waals surface area contributed by atoms with Crippen LogP contribution in [-0.2, 0) is 0 Å². The first-order chi connectivity index (χ1) is 9.38. The summed E-state index contributed by atoms with van der Waals surface area (Å²) in [5.74, 6) is -2.76. The number of nitrogens with two attached hydrogens (primary N) is 1. The molecule has 0 spiro atoms. The number of halogens is 4. The van der Waals surface area contributed by atoms with Crippen LogP contribution in [0.3, 0.4) is 0 Å². The van der Waals surface area contributed by atoms with Gasteiger partial charge >= 0.3 is 0 Å². The van der Waals surface area contributed by atoms with Gasteiger partial charge in [0.25, 0.3) is 0 Å². The van der Waals surface area contributed by atoms with Crippen molar-refractivity contribution >= 4 is 15.9 Å². The Morgan fingerprint density at radius 1 is 1.10 bits per heavy atom. The van der Waals surface area contributed by atoms with E-state index in [-0.39, 0.29) is 11.5 Å². The van der Waals surface area contributed by atoms with Gasteiger partial charge in [-0.3, -0.25) is 0 Å². The molecule has 2 N–H and O–H groups in total. The Morgan fingerprint density at radius 3 is 2.45 bits per heavy atom. The van der Waals surface area contributed by atoms with Gasteiger partial charge in [0.15, 0.2) is 11.6 Å². The zero-order chi connectivity index (χ0) is 14.9. The predicted molar refractivity (Wildman–Crippen MR) is 73.1 cm³/mol.